The van der Waals surface area contributed by atoms with Crippen LogP contribution in [0.15, 0.2) is 162 Å². The Morgan fingerprint density at radius 2 is 1.39 bits per heavy atom. The van der Waals surface area contributed by atoms with Gasteiger partial charge in [0.05, 0.1) is 22.4 Å². The fourth-order valence-corrected chi connectivity index (χ4v) is 9.21. The zero-order valence-corrected chi connectivity index (χ0v) is 41.1. The van der Waals surface area contributed by atoms with E-state index in [1.165, 1.54) is 11.6 Å². The molecular weight excluding hydrogens is 995 g/mol. The minimum absolute atomic E-state index is 0. The van der Waals surface area contributed by atoms with E-state index in [9.17, 15) is 0 Å². The van der Waals surface area contributed by atoms with E-state index < -0.39 is 13.7 Å². The van der Waals surface area contributed by atoms with Crippen LogP contribution in [0.4, 0.5) is 0 Å². The Morgan fingerprint density at radius 1 is 0.657 bits per heavy atom. The molecule has 0 unspecified atom stereocenters. The summed E-state index contributed by atoms with van der Waals surface area (Å²) in [5.74, 6) is 0.489. The summed E-state index contributed by atoms with van der Waals surface area (Å²) in [7, 11) is 0. The predicted octanol–water partition coefficient (Wildman–Crippen LogP) is 17.1. The van der Waals surface area contributed by atoms with Crippen LogP contribution in [0.3, 0.4) is 0 Å². The van der Waals surface area contributed by atoms with Crippen molar-refractivity contribution in [2.45, 2.75) is 79.4 Å². The topological polar surface area (TPSA) is 43.9 Å². The standard InChI is InChI=1S/C47H39N2O.C15H16N.Ir/c1-27(2)37-24-34(31-14-8-7-9-15-31)25-38(28(3)4)45(37)49-44-30(6)13-12-18-41(44)48-47(49)36-22-19-29(5)43-40-23-33-21-20-32-16-10-11-17-35(32)39(33)26-42(40)50-46(36)43;1-15(2,3)13-9-10-16-14(11-13)12-7-5-4-6-8-12;/h7-21,23-28H,1-6H3;4-7,9-11H,1-3H3;/q2*-1;/i5D3,6D3;;. The predicted molar refractivity (Wildman–Crippen MR) is 278 cm³/mol. The van der Waals surface area contributed by atoms with Crippen LogP contribution in [0.25, 0.3) is 94.0 Å². The molecule has 4 nitrogen and oxygen atoms in total. The number of imidazole rings is 1. The van der Waals surface area contributed by atoms with Gasteiger partial charge in [0, 0.05) is 45.6 Å². The Hall–Kier alpha value is -6.65. The maximum Gasteiger partial charge on any atom is 0.121 e. The van der Waals surface area contributed by atoms with Gasteiger partial charge in [-0.1, -0.05) is 151 Å². The van der Waals surface area contributed by atoms with Gasteiger partial charge in [-0.3, -0.25) is 4.98 Å². The van der Waals surface area contributed by atoms with Crippen molar-refractivity contribution in [2.75, 3.05) is 0 Å². The van der Waals surface area contributed by atoms with Gasteiger partial charge in [0.2, 0.25) is 0 Å². The fraction of sp³-hybridized carbons (Fsp3) is 0.194. The van der Waals surface area contributed by atoms with E-state index in [0.717, 1.165) is 60.7 Å². The smallest absolute Gasteiger partial charge is 0.121 e. The molecule has 11 aromatic rings. The molecule has 0 N–H and O–H groups in total. The molecule has 0 amide bonds. The van der Waals surface area contributed by atoms with Gasteiger partial charge in [-0.15, -0.1) is 53.6 Å². The number of hydrogen-bond donors (Lipinski definition) is 0. The number of nitrogens with zero attached hydrogens (tertiary/aromatic N) is 3. The number of rotatable bonds is 6. The zero-order chi connectivity index (χ0) is 50.9. The molecule has 0 aliphatic carbocycles. The second-order valence-corrected chi connectivity index (χ2v) is 18.8. The molecule has 0 aliphatic rings. The van der Waals surface area contributed by atoms with Crippen molar-refractivity contribution < 1.29 is 32.7 Å². The van der Waals surface area contributed by atoms with Gasteiger partial charge in [0.25, 0.3) is 0 Å². The molecule has 1 radical (unpaired) electrons. The number of benzene rings is 8. The Bertz CT molecular complexity index is 3800. The summed E-state index contributed by atoms with van der Waals surface area (Å²) in [6, 6.07) is 56.3. The van der Waals surface area contributed by atoms with Crippen molar-refractivity contribution in [2.24, 2.45) is 0 Å². The second kappa shape index (κ2) is 18.2. The van der Waals surface area contributed by atoms with Crippen LogP contribution in [-0.4, -0.2) is 14.5 Å². The van der Waals surface area contributed by atoms with Crippen molar-refractivity contribution in [3.8, 4) is 39.5 Å². The Morgan fingerprint density at radius 3 is 2.10 bits per heavy atom. The molecule has 0 aliphatic heterocycles. The summed E-state index contributed by atoms with van der Waals surface area (Å²) in [6.45, 7) is 10.3. The second-order valence-electron chi connectivity index (χ2n) is 18.8. The van der Waals surface area contributed by atoms with Crippen LogP contribution >= 0.6 is 0 Å². The first-order valence-electron chi connectivity index (χ1n) is 25.7. The van der Waals surface area contributed by atoms with Gasteiger partial charge in [0.15, 0.2) is 0 Å². The Balaban J connectivity index is 0.000000329. The molecule has 67 heavy (non-hydrogen) atoms. The van der Waals surface area contributed by atoms with Gasteiger partial charge in [-0.05, 0) is 121 Å². The van der Waals surface area contributed by atoms with E-state index in [2.05, 4.69) is 126 Å². The van der Waals surface area contributed by atoms with Crippen LogP contribution in [0, 0.1) is 25.8 Å². The molecular formula is C62H55IrN3O-2. The minimum atomic E-state index is -2.47. The first-order chi connectivity index (χ1) is 34.3. The normalized spacial score (nSPS) is 13.5. The van der Waals surface area contributed by atoms with E-state index in [1.54, 1.807) is 12.1 Å². The number of aryl methyl sites for hydroxylation is 2. The van der Waals surface area contributed by atoms with Crippen LogP contribution in [0.5, 0.6) is 0 Å². The molecule has 0 spiro atoms. The monoisotopic (exact) mass is 1060 g/mol. The molecule has 0 saturated carbocycles. The first-order valence-corrected chi connectivity index (χ1v) is 22.7. The molecule has 0 saturated heterocycles. The molecule has 8 aromatic carbocycles. The summed E-state index contributed by atoms with van der Waals surface area (Å²) in [5, 5.41) is 5.24. The average molecular weight is 1060 g/mol. The summed E-state index contributed by atoms with van der Waals surface area (Å²) in [4.78, 5) is 9.60. The zero-order valence-electron chi connectivity index (χ0n) is 44.7. The fourth-order valence-electron chi connectivity index (χ4n) is 9.21. The number of fused-ring (bicyclic) bond motifs is 7. The van der Waals surface area contributed by atoms with E-state index in [1.807, 2.05) is 83.6 Å². The minimum Gasteiger partial charge on any atom is -0.501 e. The van der Waals surface area contributed by atoms with Gasteiger partial charge in [-0.25, -0.2) is 0 Å². The third-order valence-electron chi connectivity index (χ3n) is 12.7. The van der Waals surface area contributed by atoms with Crippen molar-refractivity contribution in [1.82, 2.24) is 14.5 Å². The summed E-state index contributed by atoms with van der Waals surface area (Å²) in [6.07, 6.45) is 1.87. The van der Waals surface area contributed by atoms with E-state index in [-0.39, 0.29) is 48.5 Å². The third-order valence-corrected chi connectivity index (χ3v) is 12.7. The summed E-state index contributed by atoms with van der Waals surface area (Å²) < 4.78 is 60.7. The van der Waals surface area contributed by atoms with Crippen LogP contribution in [-0.2, 0) is 25.5 Å². The van der Waals surface area contributed by atoms with Gasteiger partial charge in [-0.2, -0.15) is 0 Å². The third kappa shape index (κ3) is 8.41. The van der Waals surface area contributed by atoms with Crippen molar-refractivity contribution in [1.29, 1.82) is 0 Å². The molecule has 3 heterocycles. The Labute approximate surface area is 416 Å². The van der Waals surface area contributed by atoms with Crippen LogP contribution in [0.1, 0.15) is 96.3 Å². The number of furan rings is 1. The van der Waals surface area contributed by atoms with Gasteiger partial charge < -0.3 is 14.0 Å². The maximum atomic E-state index is 8.68. The van der Waals surface area contributed by atoms with Crippen molar-refractivity contribution >= 4 is 54.5 Å². The van der Waals surface area contributed by atoms with Gasteiger partial charge in [0.1, 0.15) is 5.58 Å². The largest absolute Gasteiger partial charge is 0.501 e. The quantitative estimate of drug-likeness (QED) is 0.123. The summed E-state index contributed by atoms with van der Waals surface area (Å²) in [5.41, 5.74) is 11.1. The number of hydrogen-bond acceptors (Lipinski definition) is 3. The molecule has 5 heteroatoms. The molecule has 0 fully saturated rings. The summed E-state index contributed by atoms with van der Waals surface area (Å²) >= 11 is 0. The number of aromatic nitrogens is 3. The molecule has 0 bridgehead atoms. The number of pyridine rings is 1. The Kier molecular flexibility index (Phi) is 10.4. The van der Waals surface area contributed by atoms with Crippen molar-refractivity contribution in [3.05, 3.63) is 198 Å². The van der Waals surface area contributed by atoms with E-state index in [0.29, 0.717) is 44.4 Å². The van der Waals surface area contributed by atoms with Crippen LogP contribution in [0.2, 0.25) is 0 Å². The maximum absolute atomic E-state index is 8.68. The average Bonchev–Trinajstić information content (AvgIpc) is 3.93. The first kappa shape index (κ1) is 38.5. The van der Waals surface area contributed by atoms with Crippen molar-refractivity contribution in [3.63, 3.8) is 0 Å². The molecule has 3 aromatic heterocycles. The van der Waals surface area contributed by atoms with E-state index >= 15 is 0 Å². The molecule has 0 atom stereocenters. The molecule has 11 rings (SSSR count). The number of para-hydroxylation sites is 1. The van der Waals surface area contributed by atoms with Crippen LogP contribution < -0.4 is 0 Å². The van der Waals surface area contributed by atoms with Gasteiger partial charge >= 0.3 is 0 Å². The molecule has 335 valence electrons. The van der Waals surface area contributed by atoms with E-state index in [4.69, 9.17) is 17.6 Å². The SMILES string of the molecule is CC(C)(C)c1ccnc(-c2[c-]cccc2)c1.[2H]C([2H])([2H])c1c[c-]c(-c2nc3cccc(C([2H])([2H])[2H])c3n2-c2c(C(C)C)cc(-c3ccccc3)cc2C(C)C)c2oc3cc4c(ccc5ccccc54)cc3c12.[Ir].